The van der Waals surface area contributed by atoms with Crippen LogP contribution in [0.1, 0.15) is 51.0 Å². The fourth-order valence-electron chi connectivity index (χ4n) is 3.95. The Morgan fingerprint density at radius 3 is 2.80 bits per heavy atom. The van der Waals surface area contributed by atoms with Crippen LogP contribution in [0.2, 0.25) is 0 Å². The molecule has 1 fully saturated rings. The van der Waals surface area contributed by atoms with Crippen molar-refractivity contribution < 1.29 is 13.2 Å². The summed E-state index contributed by atoms with van der Waals surface area (Å²) in [6, 6.07) is 4.93. The molecule has 1 aromatic rings. The number of carbonyl (C=O) groups excluding carboxylic acids is 1. The molecule has 0 saturated heterocycles. The molecular weight excluding hydrogens is 338 g/mol. The zero-order chi connectivity index (χ0) is 18.1. The molecule has 138 valence electrons. The molecule has 0 radical (unpaired) electrons. The minimum atomic E-state index is -3.66. The maximum absolute atomic E-state index is 13.0. The average molecular weight is 365 g/mol. The maximum Gasteiger partial charge on any atom is 0.241 e. The van der Waals surface area contributed by atoms with Crippen molar-refractivity contribution in [1.29, 1.82) is 0 Å². The van der Waals surface area contributed by atoms with Gasteiger partial charge in [-0.1, -0.05) is 19.8 Å². The van der Waals surface area contributed by atoms with Gasteiger partial charge >= 0.3 is 0 Å². The summed E-state index contributed by atoms with van der Waals surface area (Å²) in [5, 5.41) is 2.83. The molecule has 1 heterocycles. The van der Waals surface area contributed by atoms with Crippen molar-refractivity contribution in [2.24, 2.45) is 11.7 Å². The minimum absolute atomic E-state index is 0.0226. The van der Waals surface area contributed by atoms with Gasteiger partial charge in [-0.2, -0.15) is 0 Å². The molecule has 0 aromatic heterocycles. The first kappa shape index (κ1) is 18.4. The Bertz CT molecular complexity index is 763. The summed E-state index contributed by atoms with van der Waals surface area (Å²) in [6.07, 6.45) is 5.72. The Morgan fingerprint density at radius 2 is 2.08 bits per heavy atom. The molecule has 4 N–H and O–H groups in total. The smallest absolute Gasteiger partial charge is 0.241 e. The fraction of sp³-hybridized carbons (Fsp3) is 0.611. The third-order valence-electron chi connectivity index (χ3n) is 5.67. The predicted octanol–water partition coefficient (Wildman–Crippen LogP) is 2.15. The standard InChI is InChI=1S/C18H27N3O3S/c1-13-5-2-3-10-18(13,12-19)21-25(23,24)15-8-9-16-14(11-15)6-4-7-17(22)20-16/h8-9,11,13,21H,2-7,10,12,19H2,1H3,(H,20,22). The number of hydrogen-bond acceptors (Lipinski definition) is 4. The van der Waals surface area contributed by atoms with Gasteiger partial charge in [0.25, 0.3) is 0 Å². The lowest BCUT2D eigenvalue weighted by atomic mass is 9.74. The van der Waals surface area contributed by atoms with Crippen LogP contribution >= 0.6 is 0 Å². The highest BCUT2D eigenvalue weighted by atomic mass is 32.2. The van der Waals surface area contributed by atoms with E-state index in [0.717, 1.165) is 37.7 Å². The largest absolute Gasteiger partial charge is 0.329 e. The highest BCUT2D eigenvalue weighted by molar-refractivity contribution is 7.89. The fourth-order valence-corrected chi connectivity index (χ4v) is 5.54. The molecule has 6 nitrogen and oxygen atoms in total. The van der Waals surface area contributed by atoms with Gasteiger partial charge in [-0.3, -0.25) is 4.79 Å². The second-order valence-electron chi connectivity index (χ2n) is 7.33. The van der Waals surface area contributed by atoms with Crippen molar-refractivity contribution in [3.63, 3.8) is 0 Å². The number of nitrogens with one attached hydrogen (secondary N) is 2. The number of nitrogens with two attached hydrogens (primary N) is 1. The van der Waals surface area contributed by atoms with Gasteiger partial charge in [-0.05, 0) is 55.4 Å². The summed E-state index contributed by atoms with van der Waals surface area (Å²) in [5.41, 5.74) is 6.99. The Kier molecular flexibility index (Phi) is 5.18. The number of fused-ring (bicyclic) bond motifs is 1. The van der Waals surface area contributed by atoms with Crippen molar-refractivity contribution in [1.82, 2.24) is 4.72 Å². The van der Waals surface area contributed by atoms with Gasteiger partial charge < -0.3 is 11.1 Å². The molecular formula is C18H27N3O3S. The number of amides is 1. The number of rotatable bonds is 4. The molecule has 1 amide bonds. The number of hydrogen-bond donors (Lipinski definition) is 3. The van der Waals surface area contributed by atoms with E-state index >= 15 is 0 Å². The molecule has 1 aliphatic heterocycles. The van der Waals surface area contributed by atoms with Crippen molar-refractivity contribution >= 4 is 21.6 Å². The van der Waals surface area contributed by atoms with E-state index in [1.54, 1.807) is 18.2 Å². The van der Waals surface area contributed by atoms with E-state index in [2.05, 4.69) is 17.0 Å². The third-order valence-corrected chi connectivity index (χ3v) is 7.22. The van der Waals surface area contributed by atoms with Gasteiger partial charge in [0, 0.05) is 24.2 Å². The van der Waals surface area contributed by atoms with Crippen LogP contribution < -0.4 is 15.8 Å². The number of anilines is 1. The zero-order valence-electron chi connectivity index (χ0n) is 14.7. The molecule has 1 aliphatic carbocycles. The summed E-state index contributed by atoms with van der Waals surface area (Å²) in [4.78, 5) is 11.9. The first-order valence-corrected chi connectivity index (χ1v) is 10.5. The Balaban J connectivity index is 1.90. The van der Waals surface area contributed by atoms with Crippen LogP contribution in [0, 0.1) is 5.92 Å². The molecule has 7 heteroatoms. The lowest BCUT2D eigenvalue weighted by Gasteiger charge is -2.42. The number of carbonyl (C=O) groups is 1. The molecule has 2 unspecified atom stereocenters. The maximum atomic E-state index is 13.0. The van der Waals surface area contributed by atoms with E-state index in [4.69, 9.17) is 5.73 Å². The summed E-state index contributed by atoms with van der Waals surface area (Å²) in [5.74, 6) is 0.187. The Labute approximate surface area is 149 Å². The van der Waals surface area contributed by atoms with Gasteiger partial charge in [0.1, 0.15) is 0 Å². The Morgan fingerprint density at radius 1 is 1.28 bits per heavy atom. The van der Waals surface area contributed by atoms with Crippen molar-refractivity contribution in [2.45, 2.75) is 62.3 Å². The SMILES string of the molecule is CC1CCCCC1(CN)NS(=O)(=O)c1ccc2c(c1)CCCC(=O)N2. The van der Waals surface area contributed by atoms with Gasteiger partial charge in [0.05, 0.1) is 4.90 Å². The van der Waals surface area contributed by atoms with E-state index < -0.39 is 15.6 Å². The molecule has 0 bridgehead atoms. The van der Waals surface area contributed by atoms with Gasteiger partial charge in [0.2, 0.25) is 15.9 Å². The number of aryl methyl sites for hydroxylation is 1. The van der Waals surface area contributed by atoms with Crippen molar-refractivity contribution in [3.05, 3.63) is 23.8 Å². The molecule has 2 aliphatic rings. The summed E-state index contributed by atoms with van der Waals surface area (Å²) < 4.78 is 28.9. The van der Waals surface area contributed by atoms with E-state index in [1.807, 2.05) is 0 Å². The number of sulfonamides is 1. The highest BCUT2D eigenvalue weighted by Crippen LogP contribution is 2.34. The predicted molar refractivity (Wildman–Crippen MR) is 97.7 cm³/mol. The molecule has 25 heavy (non-hydrogen) atoms. The second kappa shape index (κ2) is 7.05. The zero-order valence-corrected chi connectivity index (χ0v) is 15.5. The molecule has 1 aromatic carbocycles. The minimum Gasteiger partial charge on any atom is -0.329 e. The van der Waals surface area contributed by atoms with Crippen molar-refractivity contribution in [2.75, 3.05) is 11.9 Å². The van der Waals surface area contributed by atoms with Crippen LogP contribution in [-0.2, 0) is 21.2 Å². The topological polar surface area (TPSA) is 101 Å². The molecule has 2 atom stereocenters. The quantitative estimate of drug-likeness (QED) is 0.761. The first-order valence-electron chi connectivity index (χ1n) is 9.03. The van der Waals surface area contributed by atoms with Crippen LogP contribution in [0.3, 0.4) is 0 Å². The van der Waals surface area contributed by atoms with Crippen LogP contribution in [0.5, 0.6) is 0 Å². The van der Waals surface area contributed by atoms with E-state index in [-0.39, 0.29) is 16.7 Å². The molecule has 1 saturated carbocycles. The lowest BCUT2D eigenvalue weighted by Crippen LogP contribution is -2.58. The highest BCUT2D eigenvalue weighted by Gasteiger charge is 2.40. The molecule has 3 rings (SSSR count). The lowest BCUT2D eigenvalue weighted by molar-refractivity contribution is -0.116. The molecule has 0 spiro atoms. The van der Waals surface area contributed by atoms with E-state index in [0.29, 0.717) is 25.1 Å². The van der Waals surface area contributed by atoms with E-state index in [9.17, 15) is 13.2 Å². The Hall–Kier alpha value is -1.44. The van der Waals surface area contributed by atoms with Gasteiger partial charge in [0.15, 0.2) is 0 Å². The van der Waals surface area contributed by atoms with Crippen LogP contribution in [0.15, 0.2) is 23.1 Å². The van der Waals surface area contributed by atoms with Crippen LogP contribution in [0.25, 0.3) is 0 Å². The number of benzene rings is 1. The summed E-state index contributed by atoms with van der Waals surface area (Å²) in [6.45, 7) is 2.37. The normalized spacial score (nSPS) is 27.3. The monoisotopic (exact) mass is 365 g/mol. The van der Waals surface area contributed by atoms with Gasteiger partial charge in [-0.25, -0.2) is 13.1 Å². The first-order chi connectivity index (χ1) is 11.9. The summed E-state index contributed by atoms with van der Waals surface area (Å²) >= 11 is 0. The van der Waals surface area contributed by atoms with Gasteiger partial charge in [-0.15, -0.1) is 0 Å². The average Bonchev–Trinajstić information content (AvgIpc) is 2.76. The second-order valence-corrected chi connectivity index (χ2v) is 9.02. The van der Waals surface area contributed by atoms with Crippen LogP contribution in [0.4, 0.5) is 5.69 Å². The van der Waals surface area contributed by atoms with Crippen LogP contribution in [-0.4, -0.2) is 26.4 Å². The third kappa shape index (κ3) is 3.73. The summed E-state index contributed by atoms with van der Waals surface area (Å²) in [7, 11) is -3.66. The van der Waals surface area contributed by atoms with Crippen molar-refractivity contribution in [3.8, 4) is 0 Å². The van der Waals surface area contributed by atoms with E-state index in [1.165, 1.54) is 0 Å².